The Balaban J connectivity index is 0.000000212. The molecular formula is C21H38N4. The lowest BCUT2D eigenvalue weighted by Crippen LogP contribution is -2.43. The minimum atomic E-state index is 0.356. The van der Waals surface area contributed by atoms with Gasteiger partial charge in [0.1, 0.15) is 0 Å². The van der Waals surface area contributed by atoms with Crippen LogP contribution in [0, 0.1) is 0 Å². The SMILES string of the molecule is CN(C)C1(C)CCN(Cc2ccccc2)C1.CN(C)C1(C)CCNC1. The van der Waals surface area contributed by atoms with E-state index in [0.29, 0.717) is 11.1 Å². The molecule has 0 saturated carbocycles. The normalized spacial score (nSPS) is 29.9. The molecule has 4 nitrogen and oxygen atoms in total. The zero-order chi connectivity index (χ0) is 18.5. The molecular weight excluding hydrogens is 308 g/mol. The van der Waals surface area contributed by atoms with Gasteiger partial charge in [-0.15, -0.1) is 0 Å². The van der Waals surface area contributed by atoms with Crippen LogP contribution in [0.5, 0.6) is 0 Å². The number of benzene rings is 1. The van der Waals surface area contributed by atoms with E-state index in [1.165, 1.54) is 38.0 Å². The van der Waals surface area contributed by atoms with E-state index >= 15 is 0 Å². The standard InChI is InChI=1S/C14H22N2.C7H16N2/c1-14(15(2)3)9-10-16(12-14)11-13-7-5-4-6-8-13;1-7(9(2)3)4-5-8-6-7/h4-8H,9-12H2,1-3H3;8H,4-6H2,1-3H3. The number of nitrogens with one attached hydrogen (secondary N) is 1. The predicted octanol–water partition coefficient (Wildman–Crippen LogP) is 2.51. The van der Waals surface area contributed by atoms with Gasteiger partial charge in [0.2, 0.25) is 0 Å². The number of nitrogens with zero attached hydrogens (tertiary/aromatic N) is 3. The Bertz CT molecular complexity index is 508. The molecule has 142 valence electrons. The van der Waals surface area contributed by atoms with Crippen molar-refractivity contribution in [2.24, 2.45) is 0 Å². The van der Waals surface area contributed by atoms with Crippen LogP contribution in [-0.4, -0.2) is 80.1 Å². The van der Waals surface area contributed by atoms with Crippen molar-refractivity contribution in [1.82, 2.24) is 20.0 Å². The third-order valence-corrected chi connectivity index (χ3v) is 6.29. The zero-order valence-corrected chi connectivity index (χ0v) is 17.2. The van der Waals surface area contributed by atoms with Crippen molar-refractivity contribution in [3.05, 3.63) is 35.9 Å². The van der Waals surface area contributed by atoms with E-state index in [0.717, 1.165) is 13.1 Å². The third kappa shape index (κ3) is 5.52. The van der Waals surface area contributed by atoms with Crippen molar-refractivity contribution in [2.75, 3.05) is 54.4 Å². The van der Waals surface area contributed by atoms with Gasteiger partial charge in [-0.2, -0.15) is 0 Å². The summed E-state index contributed by atoms with van der Waals surface area (Å²) in [6, 6.07) is 10.8. The molecule has 0 spiro atoms. The van der Waals surface area contributed by atoms with Crippen LogP contribution in [0.1, 0.15) is 32.3 Å². The van der Waals surface area contributed by atoms with E-state index in [4.69, 9.17) is 0 Å². The fraction of sp³-hybridized carbons (Fsp3) is 0.714. The Morgan fingerprint density at radius 3 is 2.04 bits per heavy atom. The van der Waals surface area contributed by atoms with Gasteiger partial charge in [0.05, 0.1) is 0 Å². The molecule has 2 fully saturated rings. The maximum Gasteiger partial charge on any atom is 0.0314 e. The number of rotatable bonds is 4. The summed E-state index contributed by atoms with van der Waals surface area (Å²) in [6.07, 6.45) is 2.55. The minimum absolute atomic E-state index is 0.356. The highest BCUT2D eigenvalue weighted by molar-refractivity contribution is 5.15. The molecule has 4 heteroatoms. The van der Waals surface area contributed by atoms with Crippen molar-refractivity contribution in [3.63, 3.8) is 0 Å². The van der Waals surface area contributed by atoms with E-state index in [2.05, 4.69) is 92.4 Å². The molecule has 2 heterocycles. The first-order chi connectivity index (χ1) is 11.8. The molecule has 2 aliphatic rings. The number of likely N-dealkylation sites (tertiary alicyclic amines) is 1. The second kappa shape index (κ2) is 8.63. The Hall–Kier alpha value is -0.940. The van der Waals surface area contributed by atoms with Crippen molar-refractivity contribution < 1.29 is 0 Å². The largest absolute Gasteiger partial charge is 0.315 e. The van der Waals surface area contributed by atoms with E-state index in [9.17, 15) is 0 Å². The van der Waals surface area contributed by atoms with E-state index in [1.54, 1.807) is 0 Å². The van der Waals surface area contributed by atoms with Gasteiger partial charge in [-0.05, 0) is 67.0 Å². The van der Waals surface area contributed by atoms with Crippen LogP contribution >= 0.6 is 0 Å². The van der Waals surface area contributed by atoms with Crippen molar-refractivity contribution >= 4 is 0 Å². The van der Waals surface area contributed by atoms with Gasteiger partial charge in [0.25, 0.3) is 0 Å². The second-order valence-corrected chi connectivity index (χ2v) is 8.66. The molecule has 0 radical (unpaired) electrons. The number of hydrogen-bond donors (Lipinski definition) is 1. The summed E-state index contributed by atoms with van der Waals surface area (Å²) in [5, 5.41) is 3.35. The fourth-order valence-corrected chi connectivity index (χ4v) is 3.57. The summed E-state index contributed by atoms with van der Waals surface area (Å²) in [5.74, 6) is 0. The second-order valence-electron chi connectivity index (χ2n) is 8.66. The van der Waals surface area contributed by atoms with Crippen LogP contribution < -0.4 is 5.32 Å². The average Bonchev–Trinajstić information content (AvgIpc) is 3.17. The molecule has 2 atom stereocenters. The van der Waals surface area contributed by atoms with Gasteiger partial charge in [-0.3, -0.25) is 4.90 Å². The average molecular weight is 347 g/mol. The first-order valence-electron chi connectivity index (χ1n) is 9.57. The van der Waals surface area contributed by atoms with Gasteiger partial charge < -0.3 is 15.1 Å². The van der Waals surface area contributed by atoms with Crippen molar-refractivity contribution in [2.45, 2.75) is 44.3 Å². The number of hydrogen-bond acceptors (Lipinski definition) is 4. The quantitative estimate of drug-likeness (QED) is 0.904. The fourth-order valence-electron chi connectivity index (χ4n) is 3.57. The summed E-state index contributed by atoms with van der Waals surface area (Å²) >= 11 is 0. The molecule has 1 aromatic rings. The number of likely N-dealkylation sites (N-methyl/N-ethyl adjacent to an activating group) is 2. The molecule has 2 saturated heterocycles. The summed E-state index contributed by atoms with van der Waals surface area (Å²) in [5.41, 5.74) is 2.19. The van der Waals surface area contributed by atoms with E-state index in [-0.39, 0.29) is 0 Å². The van der Waals surface area contributed by atoms with Crippen molar-refractivity contribution in [3.8, 4) is 0 Å². The maximum absolute atomic E-state index is 3.35. The topological polar surface area (TPSA) is 21.8 Å². The molecule has 0 amide bonds. The molecule has 1 N–H and O–H groups in total. The van der Waals surface area contributed by atoms with Crippen molar-refractivity contribution in [1.29, 1.82) is 0 Å². The van der Waals surface area contributed by atoms with Crippen LogP contribution in [0.15, 0.2) is 30.3 Å². The van der Waals surface area contributed by atoms with Gasteiger partial charge in [0.15, 0.2) is 0 Å². The molecule has 0 aliphatic carbocycles. The summed E-state index contributed by atoms with van der Waals surface area (Å²) in [6.45, 7) is 10.4. The van der Waals surface area contributed by atoms with E-state index < -0.39 is 0 Å². The van der Waals surface area contributed by atoms with E-state index in [1.807, 2.05) is 0 Å². The summed E-state index contributed by atoms with van der Waals surface area (Å²) < 4.78 is 0. The smallest absolute Gasteiger partial charge is 0.0314 e. The Kier molecular flexibility index (Phi) is 7.03. The molecule has 3 rings (SSSR count). The molecule has 0 bridgehead atoms. The van der Waals surface area contributed by atoms with Crippen LogP contribution in [0.4, 0.5) is 0 Å². The predicted molar refractivity (Wildman–Crippen MR) is 108 cm³/mol. The molecule has 1 aromatic carbocycles. The first kappa shape index (κ1) is 20.4. The third-order valence-electron chi connectivity index (χ3n) is 6.29. The molecule has 0 aromatic heterocycles. The van der Waals surface area contributed by atoms with Crippen LogP contribution in [0.25, 0.3) is 0 Å². The lowest BCUT2D eigenvalue weighted by molar-refractivity contribution is 0.171. The maximum atomic E-state index is 3.35. The Morgan fingerprint density at radius 2 is 1.60 bits per heavy atom. The highest BCUT2D eigenvalue weighted by atomic mass is 15.3. The molecule has 2 aliphatic heterocycles. The highest BCUT2D eigenvalue weighted by Crippen LogP contribution is 2.26. The Labute approximate surface area is 155 Å². The monoisotopic (exact) mass is 346 g/mol. The molecule has 25 heavy (non-hydrogen) atoms. The molecule has 2 unspecified atom stereocenters. The van der Waals surface area contributed by atoms with Crippen LogP contribution in [-0.2, 0) is 6.54 Å². The lowest BCUT2D eigenvalue weighted by Gasteiger charge is -2.32. The minimum Gasteiger partial charge on any atom is -0.315 e. The highest BCUT2D eigenvalue weighted by Gasteiger charge is 2.35. The van der Waals surface area contributed by atoms with Gasteiger partial charge in [0, 0.05) is 37.3 Å². The van der Waals surface area contributed by atoms with Gasteiger partial charge >= 0.3 is 0 Å². The van der Waals surface area contributed by atoms with Gasteiger partial charge in [-0.25, -0.2) is 0 Å². The van der Waals surface area contributed by atoms with Crippen LogP contribution in [0.2, 0.25) is 0 Å². The zero-order valence-electron chi connectivity index (χ0n) is 17.2. The lowest BCUT2D eigenvalue weighted by atomic mass is 10.0. The first-order valence-corrected chi connectivity index (χ1v) is 9.57. The van der Waals surface area contributed by atoms with Gasteiger partial charge in [-0.1, -0.05) is 30.3 Å². The summed E-state index contributed by atoms with van der Waals surface area (Å²) in [4.78, 5) is 7.21. The Morgan fingerprint density at radius 1 is 0.960 bits per heavy atom. The summed E-state index contributed by atoms with van der Waals surface area (Å²) in [7, 11) is 8.66. The van der Waals surface area contributed by atoms with Crippen LogP contribution in [0.3, 0.4) is 0 Å².